The number of aliphatic carboxylic acids is 1. The molecule has 138 valence electrons. The molecule has 1 aliphatic heterocycles. The number of para-hydroxylation sites is 2. The topological polar surface area (TPSA) is 79.2 Å². The molecule has 0 spiro atoms. The van der Waals surface area contributed by atoms with Crippen LogP contribution < -0.4 is 9.47 Å². The number of ether oxygens (including phenoxy) is 2. The Kier molecular flexibility index (Phi) is 5.32. The van der Waals surface area contributed by atoms with E-state index in [0.29, 0.717) is 44.0 Å². The molecule has 1 saturated heterocycles. The number of carboxylic acid groups (broad SMARTS) is 1. The summed E-state index contributed by atoms with van der Waals surface area (Å²) in [5.41, 5.74) is -0.261. The Hall–Kier alpha value is -2.73. The maximum absolute atomic E-state index is 12.0. The second kappa shape index (κ2) is 7.66. The van der Waals surface area contributed by atoms with E-state index in [1.807, 2.05) is 12.1 Å². The van der Waals surface area contributed by atoms with E-state index in [2.05, 4.69) is 4.90 Å². The van der Waals surface area contributed by atoms with Crippen LogP contribution in [0.15, 0.2) is 48.5 Å². The number of hydrogen-bond acceptors (Lipinski definition) is 5. The van der Waals surface area contributed by atoms with Crippen molar-refractivity contribution < 1.29 is 24.5 Å². The molecule has 1 fully saturated rings. The fraction of sp³-hybridized carbons (Fsp3) is 0.350. The van der Waals surface area contributed by atoms with Crippen LogP contribution in [0.2, 0.25) is 0 Å². The quantitative estimate of drug-likeness (QED) is 0.828. The lowest BCUT2D eigenvalue weighted by atomic mass is 9.90. The Balaban J connectivity index is 1.70. The van der Waals surface area contributed by atoms with Crippen LogP contribution in [0.3, 0.4) is 0 Å². The van der Waals surface area contributed by atoms with Crippen LogP contribution in [0.4, 0.5) is 0 Å². The van der Waals surface area contributed by atoms with E-state index < -0.39 is 11.6 Å². The maximum atomic E-state index is 12.0. The number of aromatic hydroxyl groups is 1. The van der Waals surface area contributed by atoms with E-state index in [9.17, 15) is 15.0 Å². The number of likely N-dealkylation sites (tertiary alicyclic amines) is 1. The molecule has 0 amide bonds. The van der Waals surface area contributed by atoms with Gasteiger partial charge >= 0.3 is 5.97 Å². The van der Waals surface area contributed by atoms with Crippen LogP contribution in [-0.4, -0.2) is 46.9 Å². The number of benzene rings is 2. The van der Waals surface area contributed by atoms with Gasteiger partial charge in [0.25, 0.3) is 0 Å². The number of phenols is 1. The molecule has 1 aliphatic rings. The van der Waals surface area contributed by atoms with Crippen molar-refractivity contribution in [2.24, 2.45) is 0 Å². The molecule has 6 heteroatoms. The van der Waals surface area contributed by atoms with Gasteiger partial charge in [-0.3, -0.25) is 4.90 Å². The number of carbonyl (C=O) groups is 1. The average molecular weight is 357 g/mol. The van der Waals surface area contributed by atoms with E-state index in [0.717, 1.165) is 5.56 Å². The first-order valence-electron chi connectivity index (χ1n) is 8.58. The molecule has 0 aliphatic carbocycles. The molecule has 0 unspecified atom stereocenters. The first-order chi connectivity index (χ1) is 12.5. The van der Waals surface area contributed by atoms with Gasteiger partial charge in [-0.15, -0.1) is 0 Å². The average Bonchev–Trinajstić information content (AvgIpc) is 2.64. The number of rotatable bonds is 6. The van der Waals surface area contributed by atoms with Crippen LogP contribution in [0, 0.1) is 0 Å². The van der Waals surface area contributed by atoms with Gasteiger partial charge < -0.3 is 19.7 Å². The lowest BCUT2D eigenvalue weighted by Gasteiger charge is -2.39. The highest BCUT2D eigenvalue weighted by atomic mass is 16.5. The number of phenolic OH excluding ortho intramolecular Hbond substituents is 1. The number of nitrogens with zero attached hydrogens (tertiary/aromatic N) is 1. The van der Waals surface area contributed by atoms with Crippen LogP contribution in [0.25, 0.3) is 0 Å². The van der Waals surface area contributed by atoms with E-state index >= 15 is 0 Å². The minimum atomic E-state index is -1.26. The molecule has 0 aromatic heterocycles. The number of methoxy groups -OCH3 is 1. The third kappa shape index (κ3) is 3.91. The highest BCUT2D eigenvalue weighted by Gasteiger charge is 2.44. The van der Waals surface area contributed by atoms with Gasteiger partial charge in [0.1, 0.15) is 5.75 Å². The Morgan fingerprint density at radius 1 is 1.12 bits per heavy atom. The molecule has 2 N–H and O–H groups in total. The van der Waals surface area contributed by atoms with Crippen molar-refractivity contribution in [3.63, 3.8) is 0 Å². The van der Waals surface area contributed by atoms with Gasteiger partial charge in [0, 0.05) is 32.5 Å². The molecule has 3 rings (SSSR count). The van der Waals surface area contributed by atoms with Crippen molar-refractivity contribution in [2.75, 3.05) is 20.2 Å². The Bertz CT molecular complexity index is 768. The largest absolute Gasteiger partial charge is 0.508 e. The molecule has 1 heterocycles. The van der Waals surface area contributed by atoms with E-state index in [4.69, 9.17) is 9.47 Å². The molecule has 26 heavy (non-hydrogen) atoms. The third-order valence-corrected chi connectivity index (χ3v) is 4.74. The predicted molar refractivity (Wildman–Crippen MR) is 96.6 cm³/mol. The molecule has 0 saturated carbocycles. The van der Waals surface area contributed by atoms with E-state index in [1.165, 1.54) is 7.11 Å². The number of carboxylic acids is 1. The van der Waals surface area contributed by atoms with E-state index in [1.54, 1.807) is 36.4 Å². The van der Waals surface area contributed by atoms with Crippen molar-refractivity contribution in [1.82, 2.24) is 4.90 Å². The van der Waals surface area contributed by atoms with Crippen LogP contribution in [-0.2, 0) is 11.3 Å². The summed E-state index contributed by atoms with van der Waals surface area (Å²) in [4.78, 5) is 14.1. The predicted octanol–water partition coefficient (Wildman–Crippen LogP) is 2.90. The van der Waals surface area contributed by atoms with Gasteiger partial charge in [-0.2, -0.15) is 0 Å². The van der Waals surface area contributed by atoms with Crippen molar-refractivity contribution in [3.8, 4) is 17.2 Å². The summed E-state index contributed by atoms with van der Waals surface area (Å²) in [6.07, 6.45) is 0.748. The van der Waals surface area contributed by atoms with Gasteiger partial charge in [0.15, 0.2) is 11.5 Å². The maximum Gasteiger partial charge on any atom is 0.348 e. The summed E-state index contributed by atoms with van der Waals surface area (Å²) >= 11 is 0. The van der Waals surface area contributed by atoms with Crippen LogP contribution in [0.5, 0.6) is 17.2 Å². The lowest BCUT2D eigenvalue weighted by Crippen LogP contribution is -2.53. The summed E-state index contributed by atoms with van der Waals surface area (Å²) in [5.74, 6) is 0.244. The normalized spacial score (nSPS) is 16.8. The molecule has 2 aromatic carbocycles. The zero-order chi connectivity index (χ0) is 18.6. The highest BCUT2D eigenvalue weighted by molar-refractivity contribution is 5.78. The van der Waals surface area contributed by atoms with Gasteiger partial charge in [0.2, 0.25) is 5.60 Å². The molecule has 6 nitrogen and oxygen atoms in total. The zero-order valence-electron chi connectivity index (χ0n) is 14.7. The minimum Gasteiger partial charge on any atom is -0.508 e. The van der Waals surface area contributed by atoms with Gasteiger partial charge in [0.05, 0.1) is 7.11 Å². The Labute approximate surface area is 152 Å². The van der Waals surface area contributed by atoms with E-state index in [-0.39, 0.29) is 5.75 Å². The molecule has 0 radical (unpaired) electrons. The van der Waals surface area contributed by atoms with Gasteiger partial charge in [-0.25, -0.2) is 4.79 Å². The number of piperidine rings is 1. The highest BCUT2D eigenvalue weighted by Crippen LogP contribution is 2.35. The van der Waals surface area contributed by atoms with Crippen molar-refractivity contribution in [2.45, 2.75) is 25.0 Å². The first-order valence-corrected chi connectivity index (χ1v) is 8.58. The lowest BCUT2D eigenvalue weighted by molar-refractivity contribution is -0.160. The van der Waals surface area contributed by atoms with Crippen LogP contribution >= 0.6 is 0 Å². The third-order valence-electron chi connectivity index (χ3n) is 4.74. The second-order valence-electron chi connectivity index (χ2n) is 6.50. The van der Waals surface area contributed by atoms with Crippen LogP contribution in [0.1, 0.15) is 18.4 Å². The minimum absolute atomic E-state index is 0.235. The first kappa shape index (κ1) is 18.1. The molecular formula is C20H23NO5. The second-order valence-corrected chi connectivity index (χ2v) is 6.50. The smallest absolute Gasteiger partial charge is 0.348 e. The Morgan fingerprint density at radius 3 is 2.42 bits per heavy atom. The van der Waals surface area contributed by atoms with Crippen molar-refractivity contribution in [1.29, 1.82) is 0 Å². The molecule has 2 aromatic rings. The fourth-order valence-electron chi connectivity index (χ4n) is 3.26. The SMILES string of the molecule is COc1ccccc1OC1(C(=O)O)CCN(Cc2cccc(O)c2)CC1. The standard InChI is InChI=1S/C20H23NO5/c1-25-17-7-2-3-8-18(17)26-20(19(23)24)9-11-21(12-10-20)14-15-5-4-6-16(22)13-15/h2-8,13,22H,9-12,14H2,1H3,(H,23,24). The molecular weight excluding hydrogens is 334 g/mol. The molecule has 0 bridgehead atoms. The Morgan fingerprint density at radius 2 is 1.81 bits per heavy atom. The van der Waals surface area contributed by atoms with Crippen molar-refractivity contribution in [3.05, 3.63) is 54.1 Å². The summed E-state index contributed by atoms with van der Waals surface area (Å²) in [5, 5.41) is 19.4. The summed E-state index contributed by atoms with van der Waals surface area (Å²) in [7, 11) is 1.54. The van der Waals surface area contributed by atoms with Gasteiger partial charge in [-0.05, 0) is 29.8 Å². The van der Waals surface area contributed by atoms with Gasteiger partial charge in [-0.1, -0.05) is 24.3 Å². The fourth-order valence-corrected chi connectivity index (χ4v) is 3.26. The summed E-state index contributed by atoms with van der Waals surface area (Å²) in [6.45, 7) is 1.85. The van der Waals surface area contributed by atoms with Crippen molar-refractivity contribution >= 4 is 5.97 Å². The summed E-state index contributed by atoms with van der Waals surface area (Å²) in [6, 6.07) is 14.2. The zero-order valence-corrected chi connectivity index (χ0v) is 14.7. The summed E-state index contributed by atoms with van der Waals surface area (Å²) < 4.78 is 11.2. The monoisotopic (exact) mass is 357 g/mol. The molecule has 0 atom stereocenters. The number of hydrogen-bond donors (Lipinski definition) is 2.